The zero-order chi connectivity index (χ0) is 20.9. The molecule has 2 aliphatic heterocycles. The summed E-state index contributed by atoms with van der Waals surface area (Å²) in [5.74, 6) is 1.28. The van der Waals surface area contributed by atoms with Gasteiger partial charge in [0.15, 0.2) is 5.96 Å². The third kappa shape index (κ3) is 5.83. The maximum absolute atomic E-state index is 12.3. The summed E-state index contributed by atoms with van der Waals surface area (Å²) in [4.78, 5) is 1.86. The first kappa shape index (κ1) is 21.9. The Bertz CT molecular complexity index is 806. The van der Waals surface area contributed by atoms with E-state index in [0.717, 1.165) is 50.0 Å². The van der Waals surface area contributed by atoms with E-state index in [9.17, 15) is 8.42 Å². The van der Waals surface area contributed by atoms with Gasteiger partial charge in [-0.1, -0.05) is 19.4 Å². The number of nitrogens with one attached hydrogen (secondary N) is 2. The summed E-state index contributed by atoms with van der Waals surface area (Å²) in [5.41, 5.74) is 8.06. The molecule has 29 heavy (non-hydrogen) atoms. The van der Waals surface area contributed by atoms with Gasteiger partial charge in [-0.15, -0.1) is 0 Å². The summed E-state index contributed by atoms with van der Waals surface area (Å²) in [6.07, 6.45) is 4.32. The van der Waals surface area contributed by atoms with Crippen LogP contribution in [-0.2, 0) is 23.2 Å². The lowest BCUT2D eigenvalue weighted by atomic mass is 9.98. The third-order valence-electron chi connectivity index (χ3n) is 5.74. The van der Waals surface area contributed by atoms with Crippen molar-refractivity contribution in [2.75, 3.05) is 32.8 Å². The van der Waals surface area contributed by atoms with Crippen LogP contribution in [-0.4, -0.2) is 56.4 Å². The molecule has 0 aliphatic carbocycles. The Kier molecular flexibility index (Phi) is 7.37. The fourth-order valence-corrected chi connectivity index (χ4v) is 5.10. The van der Waals surface area contributed by atoms with Gasteiger partial charge in [-0.25, -0.2) is 4.72 Å². The summed E-state index contributed by atoms with van der Waals surface area (Å²) >= 11 is 0. The largest absolute Gasteiger partial charge is 0.493 e. The average Bonchev–Trinajstić information content (AvgIpc) is 2.72. The van der Waals surface area contributed by atoms with Gasteiger partial charge in [-0.3, -0.25) is 5.41 Å². The lowest BCUT2D eigenvalue weighted by Crippen LogP contribution is -2.45. The van der Waals surface area contributed by atoms with Crippen molar-refractivity contribution in [2.24, 2.45) is 11.7 Å². The van der Waals surface area contributed by atoms with E-state index < -0.39 is 10.2 Å². The van der Waals surface area contributed by atoms with Gasteiger partial charge >= 0.3 is 0 Å². The average molecular weight is 424 g/mol. The van der Waals surface area contributed by atoms with Crippen LogP contribution in [0.15, 0.2) is 18.2 Å². The summed E-state index contributed by atoms with van der Waals surface area (Å²) < 4.78 is 34.9. The highest BCUT2D eigenvalue weighted by Crippen LogP contribution is 2.25. The van der Waals surface area contributed by atoms with Crippen molar-refractivity contribution < 1.29 is 13.2 Å². The van der Waals surface area contributed by atoms with Crippen LogP contribution in [0.1, 0.15) is 43.7 Å². The molecule has 0 unspecified atom stereocenters. The Morgan fingerprint density at radius 2 is 2.03 bits per heavy atom. The van der Waals surface area contributed by atoms with Gasteiger partial charge in [0.25, 0.3) is 10.2 Å². The number of piperidine rings is 1. The highest BCUT2D eigenvalue weighted by molar-refractivity contribution is 7.87. The molecule has 0 spiro atoms. The zero-order valence-corrected chi connectivity index (χ0v) is 18.0. The van der Waals surface area contributed by atoms with Crippen LogP contribution < -0.4 is 15.2 Å². The van der Waals surface area contributed by atoms with E-state index in [4.69, 9.17) is 15.9 Å². The van der Waals surface area contributed by atoms with Gasteiger partial charge in [0.05, 0.1) is 6.61 Å². The van der Waals surface area contributed by atoms with E-state index >= 15 is 0 Å². The lowest BCUT2D eigenvalue weighted by molar-refractivity contribution is 0.184. The molecule has 9 heteroatoms. The van der Waals surface area contributed by atoms with E-state index in [1.165, 1.54) is 5.56 Å². The summed E-state index contributed by atoms with van der Waals surface area (Å²) in [7, 11) is -3.36. The van der Waals surface area contributed by atoms with Crippen molar-refractivity contribution in [2.45, 2.75) is 45.6 Å². The molecule has 2 aliphatic rings. The zero-order valence-electron chi connectivity index (χ0n) is 17.2. The monoisotopic (exact) mass is 423 g/mol. The molecule has 162 valence electrons. The number of nitrogens with zero attached hydrogens (tertiary/aromatic N) is 2. The smallest absolute Gasteiger partial charge is 0.279 e. The molecule has 1 saturated heterocycles. The fourth-order valence-electron chi connectivity index (χ4n) is 3.83. The van der Waals surface area contributed by atoms with Crippen LogP contribution in [0.4, 0.5) is 0 Å². The molecular formula is C20H33N5O3S. The van der Waals surface area contributed by atoms with Crippen molar-refractivity contribution in [3.8, 4) is 5.75 Å². The van der Waals surface area contributed by atoms with E-state index in [-0.39, 0.29) is 5.96 Å². The first-order valence-electron chi connectivity index (χ1n) is 10.5. The van der Waals surface area contributed by atoms with Crippen LogP contribution >= 0.6 is 0 Å². The van der Waals surface area contributed by atoms with Crippen LogP contribution in [0, 0.1) is 11.3 Å². The van der Waals surface area contributed by atoms with Crippen molar-refractivity contribution in [3.63, 3.8) is 0 Å². The molecule has 0 bridgehead atoms. The highest BCUT2D eigenvalue weighted by atomic mass is 32.2. The second-order valence-electron chi connectivity index (χ2n) is 7.89. The first-order valence-corrected chi connectivity index (χ1v) is 11.9. The molecule has 0 atom stereocenters. The predicted molar refractivity (Wildman–Crippen MR) is 114 cm³/mol. The fraction of sp³-hybridized carbons (Fsp3) is 0.650. The third-order valence-corrected chi connectivity index (χ3v) is 7.36. The van der Waals surface area contributed by atoms with Gasteiger partial charge in [-0.2, -0.15) is 12.7 Å². The maximum Gasteiger partial charge on any atom is 0.279 e. The van der Waals surface area contributed by atoms with E-state index in [0.29, 0.717) is 38.7 Å². The first-order chi connectivity index (χ1) is 13.9. The number of fused-ring (bicyclic) bond motifs is 1. The Labute approximate surface area is 174 Å². The minimum Gasteiger partial charge on any atom is -0.493 e. The van der Waals surface area contributed by atoms with E-state index in [1.807, 2.05) is 24.0 Å². The van der Waals surface area contributed by atoms with Gasteiger partial charge in [0, 0.05) is 32.7 Å². The number of hydrogen-bond acceptors (Lipinski definition) is 4. The van der Waals surface area contributed by atoms with Crippen molar-refractivity contribution in [3.05, 3.63) is 29.3 Å². The SMILES string of the molecule is CCCCNS(=O)(=O)N1CCC(COc2ccc3c(c2)CN(C(=N)N)CC3)CC1. The van der Waals surface area contributed by atoms with Crippen LogP contribution in [0.2, 0.25) is 0 Å². The van der Waals surface area contributed by atoms with Crippen molar-refractivity contribution in [1.82, 2.24) is 13.9 Å². The molecule has 1 aromatic carbocycles. The van der Waals surface area contributed by atoms with Gasteiger partial charge in [0.2, 0.25) is 0 Å². The second kappa shape index (κ2) is 9.77. The molecule has 1 fully saturated rings. The Morgan fingerprint density at radius 1 is 1.28 bits per heavy atom. The summed E-state index contributed by atoms with van der Waals surface area (Å²) in [6, 6.07) is 6.14. The Hall–Kier alpha value is -1.84. The van der Waals surface area contributed by atoms with Gasteiger partial charge < -0.3 is 15.4 Å². The van der Waals surface area contributed by atoms with Gasteiger partial charge in [-0.05, 0) is 54.9 Å². The minimum atomic E-state index is -3.36. The Morgan fingerprint density at radius 3 is 2.72 bits per heavy atom. The quantitative estimate of drug-likeness (QED) is 0.334. The molecule has 0 aromatic heterocycles. The minimum absolute atomic E-state index is 0.105. The van der Waals surface area contributed by atoms with Crippen LogP contribution in [0.3, 0.4) is 0 Å². The normalized spacial score (nSPS) is 18.4. The van der Waals surface area contributed by atoms with Crippen LogP contribution in [0.5, 0.6) is 5.75 Å². The highest BCUT2D eigenvalue weighted by Gasteiger charge is 2.28. The number of unbranched alkanes of at least 4 members (excludes halogenated alkanes) is 1. The molecule has 3 rings (SSSR count). The molecular weight excluding hydrogens is 390 g/mol. The number of guanidine groups is 1. The van der Waals surface area contributed by atoms with E-state index in [1.54, 1.807) is 4.31 Å². The summed E-state index contributed by atoms with van der Waals surface area (Å²) in [6.45, 7) is 5.62. The predicted octanol–water partition coefficient (Wildman–Crippen LogP) is 1.66. The second-order valence-corrected chi connectivity index (χ2v) is 9.65. The van der Waals surface area contributed by atoms with Crippen molar-refractivity contribution in [1.29, 1.82) is 5.41 Å². The lowest BCUT2D eigenvalue weighted by Gasteiger charge is -2.31. The topological polar surface area (TPSA) is 112 Å². The number of ether oxygens (including phenoxy) is 1. The number of nitrogens with two attached hydrogens (primary N) is 1. The van der Waals surface area contributed by atoms with Crippen LogP contribution in [0.25, 0.3) is 0 Å². The number of rotatable bonds is 8. The molecule has 8 nitrogen and oxygen atoms in total. The molecule has 2 heterocycles. The Balaban J connectivity index is 1.47. The standard InChI is InChI=1S/C20H33N5O3S/c1-2-3-9-23-29(26,27)25-11-6-16(7-12-25)15-28-19-5-4-17-8-10-24(20(21)22)14-18(17)13-19/h4-5,13,16,23H,2-3,6-12,14-15H2,1H3,(H3,21,22). The summed E-state index contributed by atoms with van der Waals surface area (Å²) in [5, 5.41) is 7.63. The maximum atomic E-state index is 12.3. The van der Waals surface area contributed by atoms with Gasteiger partial charge in [0.1, 0.15) is 5.75 Å². The molecule has 1 aromatic rings. The molecule has 0 saturated carbocycles. The number of hydrogen-bond donors (Lipinski definition) is 3. The molecule has 0 radical (unpaired) electrons. The molecule has 4 N–H and O–H groups in total. The van der Waals surface area contributed by atoms with Crippen molar-refractivity contribution >= 4 is 16.2 Å². The number of benzene rings is 1. The van der Waals surface area contributed by atoms with E-state index in [2.05, 4.69) is 10.8 Å². The molecule has 0 amide bonds.